The number of benzene rings is 2. The minimum atomic E-state index is -0.859. The van der Waals surface area contributed by atoms with Crippen molar-refractivity contribution in [3.8, 4) is 5.75 Å². The maximum atomic E-state index is 13.4. The van der Waals surface area contributed by atoms with Crippen LogP contribution in [0.2, 0.25) is 0 Å². The van der Waals surface area contributed by atoms with Crippen LogP contribution in [0, 0.1) is 5.82 Å². The number of anilines is 1. The molecule has 0 saturated heterocycles. The smallest absolute Gasteiger partial charge is 0.244 e. The van der Waals surface area contributed by atoms with Crippen molar-refractivity contribution in [2.24, 2.45) is 5.73 Å². The number of nitrogens with two attached hydrogens (primary N) is 1. The van der Waals surface area contributed by atoms with Crippen LogP contribution in [0.4, 0.5) is 10.1 Å². The lowest BCUT2D eigenvalue weighted by atomic mass is 10.1. The molecule has 0 aliphatic carbocycles. The number of hydrogen-bond donors (Lipinski definition) is 2. The van der Waals surface area contributed by atoms with Crippen LogP contribution in [0.25, 0.3) is 0 Å². The van der Waals surface area contributed by atoms with Gasteiger partial charge in [0, 0.05) is 21.8 Å². The molecule has 1 unspecified atom stereocenters. The fraction of sp³-hybridized carbons (Fsp3) is 0.133. The van der Waals surface area contributed by atoms with Gasteiger partial charge in [0.1, 0.15) is 17.6 Å². The number of carbonyl (C=O) groups is 1. The molecule has 0 bridgehead atoms. The van der Waals surface area contributed by atoms with E-state index in [4.69, 9.17) is 10.5 Å². The van der Waals surface area contributed by atoms with Crippen molar-refractivity contribution >= 4 is 27.5 Å². The third-order valence-electron chi connectivity index (χ3n) is 2.93. The van der Waals surface area contributed by atoms with E-state index in [-0.39, 0.29) is 0 Å². The van der Waals surface area contributed by atoms with Crippen LogP contribution in [0.5, 0.6) is 5.75 Å². The number of primary amides is 1. The summed E-state index contributed by atoms with van der Waals surface area (Å²) >= 11 is 3.30. The topological polar surface area (TPSA) is 64.3 Å². The standard InChI is InChI=1S/C15H14BrFN2O2/c1-21-11-4-2-3-10(8-11)19-14(15(18)20)12-7-9(17)5-6-13(12)16/h2-8,14,19H,1H3,(H2,18,20). The number of amides is 1. The third kappa shape index (κ3) is 3.72. The summed E-state index contributed by atoms with van der Waals surface area (Å²) in [5.41, 5.74) is 6.51. The van der Waals surface area contributed by atoms with E-state index in [1.807, 2.05) is 0 Å². The second-order valence-electron chi connectivity index (χ2n) is 4.38. The predicted molar refractivity (Wildman–Crippen MR) is 82.7 cm³/mol. The summed E-state index contributed by atoms with van der Waals surface area (Å²) in [7, 11) is 1.55. The minimum Gasteiger partial charge on any atom is -0.497 e. The van der Waals surface area contributed by atoms with E-state index in [1.54, 1.807) is 31.4 Å². The van der Waals surface area contributed by atoms with Crippen LogP contribution in [-0.4, -0.2) is 13.0 Å². The molecule has 110 valence electrons. The van der Waals surface area contributed by atoms with Gasteiger partial charge in [-0.3, -0.25) is 4.79 Å². The lowest BCUT2D eigenvalue weighted by Crippen LogP contribution is -2.28. The first-order chi connectivity index (χ1) is 10.0. The molecule has 0 radical (unpaired) electrons. The van der Waals surface area contributed by atoms with Gasteiger partial charge in [-0.2, -0.15) is 0 Å². The molecular formula is C15H14BrFN2O2. The van der Waals surface area contributed by atoms with Gasteiger partial charge in [-0.05, 0) is 30.3 Å². The fourth-order valence-electron chi connectivity index (χ4n) is 1.92. The Bertz CT molecular complexity index is 664. The molecule has 2 aromatic carbocycles. The largest absolute Gasteiger partial charge is 0.497 e. The molecule has 1 atom stereocenters. The number of nitrogens with one attached hydrogen (secondary N) is 1. The Morgan fingerprint density at radius 2 is 2.10 bits per heavy atom. The van der Waals surface area contributed by atoms with Crippen LogP contribution in [-0.2, 0) is 4.79 Å². The van der Waals surface area contributed by atoms with Gasteiger partial charge in [0.25, 0.3) is 0 Å². The van der Waals surface area contributed by atoms with E-state index in [1.165, 1.54) is 18.2 Å². The van der Waals surface area contributed by atoms with Crippen LogP contribution in [0.1, 0.15) is 11.6 Å². The molecule has 0 aromatic heterocycles. The molecule has 0 fully saturated rings. The Labute approximate surface area is 130 Å². The Morgan fingerprint density at radius 1 is 1.33 bits per heavy atom. The van der Waals surface area contributed by atoms with Gasteiger partial charge < -0.3 is 15.8 Å². The van der Waals surface area contributed by atoms with Gasteiger partial charge in [-0.1, -0.05) is 22.0 Å². The van der Waals surface area contributed by atoms with Gasteiger partial charge in [-0.25, -0.2) is 4.39 Å². The Hall–Kier alpha value is -2.08. The molecule has 0 aliphatic rings. The first kappa shape index (κ1) is 15.3. The van der Waals surface area contributed by atoms with Gasteiger partial charge in [0.2, 0.25) is 5.91 Å². The third-order valence-corrected chi connectivity index (χ3v) is 3.66. The van der Waals surface area contributed by atoms with Crippen molar-refractivity contribution in [3.63, 3.8) is 0 Å². The number of rotatable bonds is 5. The van der Waals surface area contributed by atoms with Crippen LogP contribution in [0.3, 0.4) is 0 Å². The zero-order valence-electron chi connectivity index (χ0n) is 11.3. The Kier molecular flexibility index (Phi) is 4.80. The number of halogens is 2. The lowest BCUT2D eigenvalue weighted by molar-refractivity contribution is -0.118. The maximum Gasteiger partial charge on any atom is 0.244 e. The molecule has 1 amide bonds. The highest BCUT2D eigenvalue weighted by Gasteiger charge is 2.21. The van der Waals surface area contributed by atoms with E-state index < -0.39 is 17.8 Å². The molecule has 3 N–H and O–H groups in total. The molecular weight excluding hydrogens is 339 g/mol. The molecule has 0 saturated carbocycles. The van der Waals surface area contributed by atoms with E-state index in [2.05, 4.69) is 21.2 Å². The zero-order chi connectivity index (χ0) is 15.4. The highest BCUT2D eigenvalue weighted by atomic mass is 79.9. The highest BCUT2D eigenvalue weighted by Crippen LogP contribution is 2.28. The molecule has 6 heteroatoms. The molecule has 0 aliphatic heterocycles. The summed E-state index contributed by atoms with van der Waals surface area (Å²) in [6, 6.07) is 10.3. The van der Waals surface area contributed by atoms with Gasteiger partial charge in [0.15, 0.2) is 0 Å². The summed E-state index contributed by atoms with van der Waals surface area (Å²) in [5, 5.41) is 2.99. The normalized spacial score (nSPS) is 11.8. The fourth-order valence-corrected chi connectivity index (χ4v) is 2.39. The minimum absolute atomic E-state index is 0.435. The van der Waals surface area contributed by atoms with E-state index in [9.17, 15) is 9.18 Å². The number of ether oxygens (including phenoxy) is 1. The average molecular weight is 353 g/mol. The number of carbonyl (C=O) groups excluding carboxylic acids is 1. The van der Waals surface area contributed by atoms with Crippen LogP contribution < -0.4 is 15.8 Å². The monoisotopic (exact) mass is 352 g/mol. The van der Waals surface area contributed by atoms with Crippen molar-refractivity contribution in [2.75, 3.05) is 12.4 Å². The quantitative estimate of drug-likeness (QED) is 0.868. The summed E-state index contributed by atoms with van der Waals surface area (Å²) in [6.07, 6.45) is 0. The van der Waals surface area contributed by atoms with Gasteiger partial charge >= 0.3 is 0 Å². The number of methoxy groups -OCH3 is 1. The van der Waals surface area contributed by atoms with Gasteiger partial charge in [0.05, 0.1) is 7.11 Å². The molecule has 21 heavy (non-hydrogen) atoms. The molecule has 0 heterocycles. The van der Waals surface area contributed by atoms with E-state index in [0.29, 0.717) is 21.5 Å². The van der Waals surface area contributed by atoms with Crippen molar-refractivity contribution in [3.05, 3.63) is 58.3 Å². The summed E-state index contributed by atoms with van der Waals surface area (Å²) in [4.78, 5) is 11.7. The van der Waals surface area contributed by atoms with E-state index in [0.717, 1.165) is 0 Å². The maximum absolute atomic E-state index is 13.4. The first-order valence-electron chi connectivity index (χ1n) is 6.16. The van der Waals surface area contributed by atoms with Crippen LogP contribution in [0.15, 0.2) is 46.9 Å². The van der Waals surface area contributed by atoms with E-state index >= 15 is 0 Å². The molecule has 4 nitrogen and oxygen atoms in total. The lowest BCUT2D eigenvalue weighted by Gasteiger charge is -2.19. The van der Waals surface area contributed by atoms with Gasteiger partial charge in [-0.15, -0.1) is 0 Å². The molecule has 0 spiro atoms. The van der Waals surface area contributed by atoms with Crippen molar-refractivity contribution in [1.29, 1.82) is 0 Å². The Balaban J connectivity index is 2.35. The molecule has 2 rings (SSSR count). The summed E-state index contributed by atoms with van der Waals surface area (Å²) < 4.78 is 19.1. The second-order valence-corrected chi connectivity index (χ2v) is 5.23. The first-order valence-corrected chi connectivity index (χ1v) is 6.95. The summed E-state index contributed by atoms with van der Waals surface area (Å²) in [5.74, 6) is -0.405. The van der Waals surface area contributed by atoms with Crippen molar-refractivity contribution < 1.29 is 13.9 Å². The predicted octanol–water partition coefficient (Wildman–Crippen LogP) is 3.24. The molecule has 2 aromatic rings. The van der Waals surface area contributed by atoms with Crippen LogP contribution >= 0.6 is 15.9 Å². The SMILES string of the molecule is COc1cccc(NC(C(N)=O)c2cc(F)ccc2Br)c1. The van der Waals surface area contributed by atoms with Crippen molar-refractivity contribution in [2.45, 2.75) is 6.04 Å². The average Bonchev–Trinajstić information content (AvgIpc) is 2.47. The highest BCUT2D eigenvalue weighted by molar-refractivity contribution is 9.10. The van der Waals surface area contributed by atoms with Crippen molar-refractivity contribution in [1.82, 2.24) is 0 Å². The Morgan fingerprint density at radius 3 is 2.76 bits per heavy atom. The zero-order valence-corrected chi connectivity index (χ0v) is 12.9. The summed E-state index contributed by atoms with van der Waals surface area (Å²) in [6.45, 7) is 0. The second kappa shape index (κ2) is 6.58. The number of hydrogen-bond acceptors (Lipinski definition) is 3.